The Bertz CT molecular complexity index is 464. The molecule has 1 aromatic carbocycles. The average Bonchev–Trinajstić information content (AvgIpc) is 2.98. The van der Waals surface area contributed by atoms with E-state index in [-0.39, 0.29) is 0 Å². The molecule has 108 valence electrons. The maximum Gasteiger partial charge on any atom is 0.0813 e. The minimum Gasteiger partial charge on any atom is -0.371 e. The van der Waals surface area contributed by atoms with Gasteiger partial charge in [-0.3, -0.25) is 0 Å². The fourth-order valence-electron chi connectivity index (χ4n) is 2.00. The first-order chi connectivity index (χ1) is 9.88. The molecule has 2 aromatic rings. The number of thiophene rings is 1. The van der Waals surface area contributed by atoms with Crippen LogP contribution in [-0.4, -0.2) is 13.1 Å². The van der Waals surface area contributed by atoms with Crippen LogP contribution in [0.5, 0.6) is 0 Å². The van der Waals surface area contributed by atoms with Crippen molar-refractivity contribution in [1.82, 2.24) is 5.32 Å². The molecule has 1 N–H and O–H groups in total. The van der Waals surface area contributed by atoms with Gasteiger partial charge in [0.05, 0.1) is 13.2 Å². The highest BCUT2D eigenvalue weighted by Crippen LogP contribution is 2.12. The lowest BCUT2D eigenvalue weighted by Crippen LogP contribution is -2.17. The maximum atomic E-state index is 5.72. The van der Waals surface area contributed by atoms with Crippen LogP contribution in [0.3, 0.4) is 0 Å². The molecular weight excluding hydrogens is 266 g/mol. The Morgan fingerprint density at radius 1 is 1.00 bits per heavy atom. The molecule has 20 heavy (non-hydrogen) atoms. The second kappa shape index (κ2) is 8.90. The normalized spacial score (nSPS) is 10.8. The summed E-state index contributed by atoms with van der Waals surface area (Å²) in [6, 6.07) is 12.9. The van der Waals surface area contributed by atoms with Crippen LogP contribution in [0.1, 0.15) is 29.3 Å². The quantitative estimate of drug-likeness (QED) is 0.704. The van der Waals surface area contributed by atoms with Crippen molar-refractivity contribution in [2.24, 2.45) is 0 Å². The second-order valence-electron chi connectivity index (χ2n) is 4.89. The van der Waals surface area contributed by atoms with Gasteiger partial charge in [0.1, 0.15) is 0 Å². The minimum absolute atomic E-state index is 0.687. The standard InChI is InChI=1S/C17H23NOS/c1-2-10-18-11-9-15-5-7-16(8-6-15)13-19-14-17-4-3-12-20-17/h3-8,12,18H,2,9-11,13-14H2,1H3. The van der Waals surface area contributed by atoms with Crippen molar-refractivity contribution in [3.8, 4) is 0 Å². The molecule has 3 heteroatoms. The molecule has 0 spiro atoms. The van der Waals surface area contributed by atoms with E-state index < -0.39 is 0 Å². The fourth-order valence-corrected chi connectivity index (χ4v) is 2.64. The van der Waals surface area contributed by atoms with Crippen LogP contribution in [-0.2, 0) is 24.4 Å². The van der Waals surface area contributed by atoms with Crippen LogP contribution in [0.25, 0.3) is 0 Å². The largest absolute Gasteiger partial charge is 0.371 e. The Balaban J connectivity index is 1.68. The van der Waals surface area contributed by atoms with Crippen molar-refractivity contribution in [3.63, 3.8) is 0 Å². The lowest BCUT2D eigenvalue weighted by molar-refractivity contribution is 0.109. The molecule has 0 saturated heterocycles. The monoisotopic (exact) mass is 289 g/mol. The molecule has 0 unspecified atom stereocenters. The number of hydrogen-bond acceptors (Lipinski definition) is 3. The Morgan fingerprint density at radius 3 is 2.50 bits per heavy atom. The molecule has 0 atom stereocenters. The van der Waals surface area contributed by atoms with Crippen LogP contribution in [0.4, 0.5) is 0 Å². The third-order valence-electron chi connectivity index (χ3n) is 3.13. The van der Waals surface area contributed by atoms with Crippen LogP contribution >= 0.6 is 11.3 Å². The summed E-state index contributed by atoms with van der Waals surface area (Å²) in [4.78, 5) is 1.28. The van der Waals surface area contributed by atoms with Gasteiger partial charge in [-0.15, -0.1) is 11.3 Å². The van der Waals surface area contributed by atoms with Gasteiger partial charge in [-0.1, -0.05) is 37.3 Å². The molecular formula is C17H23NOS. The highest BCUT2D eigenvalue weighted by atomic mass is 32.1. The van der Waals surface area contributed by atoms with E-state index in [1.807, 2.05) is 0 Å². The number of nitrogens with one attached hydrogen (secondary N) is 1. The van der Waals surface area contributed by atoms with Crippen LogP contribution in [0.2, 0.25) is 0 Å². The lowest BCUT2D eigenvalue weighted by atomic mass is 10.1. The smallest absolute Gasteiger partial charge is 0.0813 e. The molecule has 0 aliphatic carbocycles. The van der Waals surface area contributed by atoms with Gasteiger partial charge < -0.3 is 10.1 Å². The summed E-state index contributed by atoms with van der Waals surface area (Å²) in [5.74, 6) is 0. The lowest BCUT2D eigenvalue weighted by Gasteiger charge is -2.06. The highest BCUT2D eigenvalue weighted by Gasteiger charge is 1.97. The zero-order valence-corrected chi connectivity index (χ0v) is 12.9. The molecule has 0 bridgehead atoms. The van der Waals surface area contributed by atoms with Crippen molar-refractivity contribution >= 4 is 11.3 Å². The first-order valence-corrected chi connectivity index (χ1v) is 8.15. The molecule has 1 aromatic heterocycles. The van der Waals surface area contributed by atoms with Crippen molar-refractivity contribution in [2.45, 2.75) is 33.0 Å². The van der Waals surface area contributed by atoms with E-state index in [1.54, 1.807) is 11.3 Å². The Kier molecular flexibility index (Phi) is 6.78. The van der Waals surface area contributed by atoms with Crippen molar-refractivity contribution in [1.29, 1.82) is 0 Å². The van der Waals surface area contributed by atoms with Gasteiger partial charge in [-0.05, 0) is 48.5 Å². The number of benzene rings is 1. The van der Waals surface area contributed by atoms with E-state index in [9.17, 15) is 0 Å². The minimum atomic E-state index is 0.687. The molecule has 2 nitrogen and oxygen atoms in total. The van der Waals surface area contributed by atoms with Gasteiger partial charge in [0, 0.05) is 4.88 Å². The topological polar surface area (TPSA) is 21.3 Å². The first kappa shape index (κ1) is 15.2. The van der Waals surface area contributed by atoms with Gasteiger partial charge in [-0.25, -0.2) is 0 Å². The summed E-state index contributed by atoms with van der Waals surface area (Å²) < 4.78 is 5.72. The van der Waals surface area contributed by atoms with Crippen LogP contribution in [0, 0.1) is 0 Å². The summed E-state index contributed by atoms with van der Waals surface area (Å²) in [6.45, 7) is 5.75. The third-order valence-corrected chi connectivity index (χ3v) is 3.98. The van der Waals surface area contributed by atoms with Crippen molar-refractivity contribution in [2.75, 3.05) is 13.1 Å². The van der Waals surface area contributed by atoms with Gasteiger partial charge in [0.2, 0.25) is 0 Å². The Morgan fingerprint density at radius 2 is 1.80 bits per heavy atom. The van der Waals surface area contributed by atoms with Gasteiger partial charge >= 0.3 is 0 Å². The average molecular weight is 289 g/mol. The molecule has 2 rings (SSSR count). The van der Waals surface area contributed by atoms with E-state index >= 15 is 0 Å². The number of ether oxygens (including phenoxy) is 1. The zero-order chi connectivity index (χ0) is 14.0. The van der Waals surface area contributed by atoms with Gasteiger partial charge in [0.15, 0.2) is 0 Å². The maximum absolute atomic E-state index is 5.72. The summed E-state index contributed by atoms with van der Waals surface area (Å²) in [5.41, 5.74) is 2.63. The predicted molar refractivity (Wildman–Crippen MR) is 86.1 cm³/mol. The molecule has 0 fully saturated rings. The SMILES string of the molecule is CCCNCCc1ccc(COCc2cccs2)cc1. The number of hydrogen-bond donors (Lipinski definition) is 1. The van der Waals surface area contributed by atoms with Gasteiger partial charge in [-0.2, -0.15) is 0 Å². The van der Waals surface area contributed by atoms with Crippen LogP contribution < -0.4 is 5.32 Å². The zero-order valence-electron chi connectivity index (χ0n) is 12.1. The molecule has 1 heterocycles. The van der Waals surface area contributed by atoms with E-state index in [0.717, 1.165) is 19.5 Å². The van der Waals surface area contributed by atoms with Crippen LogP contribution in [0.15, 0.2) is 41.8 Å². The Hall–Kier alpha value is -1.16. The number of rotatable bonds is 9. The fraction of sp³-hybridized carbons (Fsp3) is 0.412. The second-order valence-corrected chi connectivity index (χ2v) is 5.92. The predicted octanol–water partition coefficient (Wildman–Crippen LogP) is 4.01. The molecule has 0 radical (unpaired) electrons. The molecule has 0 aliphatic heterocycles. The summed E-state index contributed by atoms with van der Waals surface area (Å²) in [6.07, 6.45) is 2.29. The molecule has 0 aliphatic rings. The van der Waals surface area contributed by atoms with E-state index in [2.05, 4.69) is 54.0 Å². The van der Waals surface area contributed by atoms with E-state index in [4.69, 9.17) is 4.74 Å². The van der Waals surface area contributed by atoms with Gasteiger partial charge in [0.25, 0.3) is 0 Å². The first-order valence-electron chi connectivity index (χ1n) is 7.27. The Labute approximate surface area is 125 Å². The highest BCUT2D eigenvalue weighted by molar-refractivity contribution is 7.09. The third kappa shape index (κ3) is 5.45. The molecule has 0 saturated carbocycles. The summed E-state index contributed by atoms with van der Waals surface area (Å²) in [5, 5.41) is 5.51. The molecule has 0 amide bonds. The van der Waals surface area contributed by atoms with E-state index in [1.165, 1.54) is 22.4 Å². The summed E-state index contributed by atoms with van der Waals surface area (Å²) >= 11 is 1.74. The van der Waals surface area contributed by atoms with E-state index in [0.29, 0.717) is 13.2 Å². The summed E-state index contributed by atoms with van der Waals surface area (Å²) in [7, 11) is 0. The van der Waals surface area contributed by atoms with Crippen molar-refractivity contribution < 1.29 is 4.74 Å². The van der Waals surface area contributed by atoms with Crippen molar-refractivity contribution in [3.05, 3.63) is 57.8 Å².